The summed E-state index contributed by atoms with van der Waals surface area (Å²) in [7, 11) is 0. The largest absolute Gasteiger partial charge is 0.480 e. The first-order valence-electron chi connectivity index (χ1n) is 6.04. The van der Waals surface area contributed by atoms with E-state index in [1.54, 1.807) is 0 Å². The Labute approximate surface area is 105 Å². The molecule has 4 N–H and O–H groups in total. The third-order valence-electron chi connectivity index (χ3n) is 2.76. The minimum atomic E-state index is -1.11. The minimum Gasteiger partial charge on any atom is -0.480 e. The summed E-state index contributed by atoms with van der Waals surface area (Å²) in [6.45, 7) is 1.22. The van der Waals surface area contributed by atoms with Crippen LogP contribution in [0.15, 0.2) is 0 Å². The van der Waals surface area contributed by atoms with Crippen molar-refractivity contribution in [3.63, 3.8) is 0 Å². The third-order valence-corrected chi connectivity index (χ3v) is 2.76. The summed E-state index contributed by atoms with van der Waals surface area (Å²) in [6, 6.07) is 0. The summed E-state index contributed by atoms with van der Waals surface area (Å²) in [5.74, 6) is -1.45. The van der Waals surface area contributed by atoms with Crippen molar-refractivity contribution in [3.8, 4) is 0 Å². The molecular weight excluding hydrogens is 238 g/mol. The summed E-state index contributed by atoms with van der Waals surface area (Å²) in [5, 5.41) is 16.2. The van der Waals surface area contributed by atoms with Crippen molar-refractivity contribution in [2.75, 3.05) is 26.2 Å². The number of carbonyl (C=O) groups is 3. The molecule has 0 spiro atoms. The van der Waals surface area contributed by atoms with Gasteiger partial charge in [-0.2, -0.15) is 0 Å². The van der Waals surface area contributed by atoms with E-state index < -0.39 is 18.4 Å². The molecule has 0 radical (unpaired) electrons. The van der Waals surface area contributed by atoms with Gasteiger partial charge in [-0.15, -0.1) is 0 Å². The predicted molar refractivity (Wildman–Crippen MR) is 63.9 cm³/mol. The molecule has 7 nitrogen and oxygen atoms in total. The standard InChI is InChI=1S/C11H19N3O4/c15-9(4-8-2-1-3-12-5-8)13-6-10(16)14-7-11(17)18/h8,12H,1-7H2,(H,13,15)(H,14,16)(H,17,18). The van der Waals surface area contributed by atoms with E-state index in [2.05, 4.69) is 16.0 Å². The van der Waals surface area contributed by atoms with E-state index in [0.29, 0.717) is 12.3 Å². The molecule has 1 rings (SSSR count). The van der Waals surface area contributed by atoms with E-state index in [1.807, 2.05) is 0 Å². The number of nitrogens with one attached hydrogen (secondary N) is 3. The van der Waals surface area contributed by atoms with Gasteiger partial charge in [-0.3, -0.25) is 14.4 Å². The molecule has 1 fully saturated rings. The van der Waals surface area contributed by atoms with Gasteiger partial charge in [-0.1, -0.05) is 0 Å². The zero-order valence-corrected chi connectivity index (χ0v) is 10.2. The number of amides is 2. The van der Waals surface area contributed by atoms with Gasteiger partial charge in [-0.05, 0) is 31.8 Å². The van der Waals surface area contributed by atoms with E-state index >= 15 is 0 Å². The second kappa shape index (κ2) is 7.65. The van der Waals surface area contributed by atoms with Gasteiger partial charge in [0.05, 0.1) is 6.54 Å². The van der Waals surface area contributed by atoms with Crippen LogP contribution in [0.25, 0.3) is 0 Å². The maximum absolute atomic E-state index is 11.5. The van der Waals surface area contributed by atoms with Gasteiger partial charge in [0.1, 0.15) is 6.54 Å². The number of piperidine rings is 1. The zero-order chi connectivity index (χ0) is 13.4. The van der Waals surface area contributed by atoms with E-state index in [0.717, 1.165) is 25.9 Å². The second-order valence-corrected chi connectivity index (χ2v) is 4.36. The van der Waals surface area contributed by atoms with E-state index in [9.17, 15) is 14.4 Å². The Morgan fingerprint density at radius 1 is 1.17 bits per heavy atom. The number of carboxylic acids is 1. The van der Waals surface area contributed by atoms with Crippen LogP contribution >= 0.6 is 0 Å². The fraction of sp³-hybridized carbons (Fsp3) is 0.727. The Morgan fingerprint density at radius 3 is 2.50 bits per heavy atom. The molecule has 18 heavy (non-hydrogen) atoms. The SMILES string of the molecule is O=C(O)CNC(=O)CNC(=O)CC1CCCNC1. The molecule has 1 saturated heterocycles. The Morgan fingerprint density at radius 2 is 1.89 bits per heavy atom. The fourth-order valence-electron chi connectivity index (χ4n) is 1.85. The number of aliphatic carboxylic acids is 1. The Kier molecular flexibility index (Phi) is 6.13. The van der Waals surface area contributed by atoms with E-state index in [-0.39, 0.29) is 12.5 Å². The number of carbonyl (C=O) groups excluding carboxylic acids is 2. The average molecular weight is 257 g/mol. The van der Waals surface area contributed by atoms with Crippen LogP contribution in [-0.4, -0.2) is 49.1 Å². The van der Waals surface area contributed by atoms with E-state index in [1.165, 1.54) is 0 Å². The molecule has 2 amide bonds. The summed E-state index contributed by atoms with van der Waals surface area (Å²) in [6.07, 6.45) is 2.49. The first-order valence-corrected chi connectivity index (χ1v) is 6.04. The quantitative estimate of drug-likeness (QED) is 0.473. The minimum absolute atomic E-state index is 0.172. The topological polar surface area (TPSA) is 108 Å². The number of carboxylic acid groups (broad SMARTS) is 1. The van der Waals surface area contributed by atoms with E-state index in [4.69, 9.17) is 5.11 Å². The lowest BCUT2D eigenvalue weighted by molar-refractivity contribution is -0.137. The molecule has 0 aromatic heterocycles. The van der Waals surface area contributed by atoms with Gasteiger partial charge >= 0.3 is 5.97 Å². The van der Waals surface area contributed by atoms with Gasteiger partial charge in [0, 0.05) is 6.42 Å². The van der Waals surface area contributed by atoms with Crippen molar-refractivity contribution < 1.29 is 19.5 Å². The van der Waals surface area contributed by atoms with Crippen LogP contribution < -0.4 is 16.0 Å². The molecule has 7 heteroatoms. The van der Waals surface area contributed by atoms with Gasteiger partial charge in [0.2, 0.25) is 11.8 Å². The van der Waals surface area contributed by atoms with Crippen LogP contribution in [0.5, 0.6) is 0 Å². The maximum Gasteiger partial charge on any atom is 0.322 e. The van der Waals surface area contributed by atoms with Crippen molar-refractivity contribution >= 4 is 17.8 Å². The van der Waals surface area contributed by atoms with Crippen LogP contribution in [0, 0.1) is 5.92 Å². The van der Waals surface area contributed by atoms with Crippen LogP contribution in [0.1, 0.15) is 19.3 Å². The molecule has 1 unspecified atom stereocenters. The molecular formula is C11H19N3O4. The second-order valence-electron chi connectivity index (χ2n) is 4.36. The number of hydrogen-bond donors (Lipinski definition) is 4. The Hall–Kier alpha value is -1.63. The molecule has 0 aromatic rings. The molecule has 1 atom stereocenters. The summed E-state index contributed by atoms with van der Waals surface area (Å²) in [4.78, 5) is 32.9. The smallest absolute Gasteiger partial charge is 0.322 e. The molecule has 0 aliphatic carbocycles. The molecule has 0 aromatic carbocycles. The summed E-state index contributed by atoms with van der Waals surface area (Å²) >= 11 is 0. The molecule has 1 aliphatic heterocycles. The van der Waals surface area contributed by atoms with Crippen molar-refractivity contribution in [1.82, 2.24) is 16.0 Å². The molecule has 1 aliphatic rings. The van der Waals surface area contributed by atoms with Gasteiger partial charge in [0.15, 0.2) is 0 Å². The highest BCUT2D eigenvalue weighted by atomic mass is 16.4. The lowest BCUT2D eigenvalue weighted by Gasteiger charge is -2.21. The summed E-state index contributed by atoms with van der Waals surface area (Å²) < 4.78 is 0. The molecule has 0 bridgehead atoms. The monoisotopic (exact) mass is 257 g/mol. The normalized spacial score (nSPS) is 19.0. The van der Waals surface area contributed by atoms with Crippen molar-refractivity contribution in [1.29, 1.82) is 0 Å². The van der Waals surface area contributed by atoms with Crippen molar-refractivity contribution in [2.45, 2.75) is 19.3 Å². The number of hydrogen-bond acceptors (Lipinski definition) is 4. The van der Waals surface area contributed by atoms with Crippen LogP contribution in [0.2, 0.25) is 0 Å². The Bertz CT molecular complexity index is 313. The zero-order valence-electron chi connectivity index (χ0n) is 10.2. The summed E-state index contributed by atoms with van der Waals surface area (Å²) in [5.41, 5.74) is 0. The first-order chi connectivity index (χ1) is 8.58. The third kappa shape index (κ3) is 6.19. The number of rotatable bonds is 6. The lowest BCUT2D eigenvalue weighted by atomic mass is 9.96. The van der Waals surface area contributed by atoms with Gasteiger partial charge in [0.25, 0.3) is 0 Å². The van der Waals surface area contributed by atoms with Crippen LogP contribution in [0.4, 0.5) is 0 Å². The van der Waals surface area contributed by atoms with Crippen LogP contribution in [0.3, 0.4) is 0 Å². The van der Waals surface area contributed by atoms with Gasteiger partial charge < -0.3 is 21.1 Å². The maximum atomic E-state index is 11.5. The highest BCUT2D eigenvalue weighted by Crippen LogP contribution is 2.13. The highest BCUT2D eigenvalue weighted by Gasteiger charge is 2.16. The molecule has 0 saturated carbocycles. The predicted octanol–water partition coefficient (Wildman–Crippen LogP) is -1.31. The van der Waals surface area contributed by atoms with Gasteiger partial charge in [-0.25, -0.2) is 0 Å². The Balaban J connectivity index is 2.12. The lowest BCUT2D eigenvalue weighted by Crippen LogP contribution is -2.40. The highest BCUT2D eigenvalue weighted by molar-refractivity contribution is 5.86. The molecule has 102 valence electrons. The molecule has 1 heterocycles. The fourth-order valence-corrected chi connectivity index (χ4v) is 1.85. The van der Waals surface area contributed by atoms with Crippen molar-refractivity contribution in [2.24, 2.45) is 5.92 Å². The average Bonchev–Trinajstić information content (AvgIpc) is 2.35. The van der Waals surface area contributed by atoms with Crippen LogP contribution in [-0.2, 0) is 14.4 Å². The first kappa shape index (κ1) is 14.4. The van der Waals surface area contributed by atoms with Crippen molar-refractivity contribution in [3.05, 3.63) is 0 Å².